The zero-order valence-corrected chi connectivity index (χ0v) is 15.6. The zero-order valence-electron chi connectivity index (χ0n) is 15.6. The fourth-order valence-electron chi connectivity index (χ4n) is 4.33. The van der Waals surface area contributed by atoms with Crippen molar-refractivity contribution in [2.24, 2.45) is 11.8 Å². The molecule has 0 N–H and O–H groups in total. The minimum absolute atomic E-state index is 0.0910. The lowest BCUT2D eigenvalue weighted by atomic mass is 9.78. The Labute approximate surface area is 150 Å². The number of hydrogen-bond donors (Lipinski definition) is 0. The zero-order chi connectivity index (χ0) is 17.8. The van der Waals surface area contributed by atoms with Crippen LogP contribution in [0.5, 0.6) is 0 Å². The summed E-state index contributed by atoms with van der Waals surface area (Å²) in [6, 6.07) is 0. The summed E-state index contributed by atoms with van der Waals surface area (Å²) in [5.41, 5.74) is 0. The molecule has 3 heterocycles. The van der Waals surface area contributed by atoms with Crippen LogP contribution in [-0.2, 0) is 19.1 Å². The molecule has 0 aromatic rings. The van der Waals surface area contributed by atoms with E-state index in [1.807, 2.05) is 4.90 Å². The number of rotatable bonds is 7. The van der Waals surface area contributed by atoms with E-state index < -0.39 is 5.92 Å². The monoisotopic (exact) mass is 352 g/mol. The lowest BCUT2D eigenvalue weighted by Gasteiger charge is -2.36. The van der Waals surface area contributed by atoms with Crippen molar-refractivity contribution in [2.75, 3.05) is 39.8 Å². The first-order valence-corrected chi connectivity index (χ1v) is 9.91. The maximum absolute atomic E-state index is 13.0. The average Bonchev–Trinajstić information content (AvgIpc) is 3.22. The molecule has 6 nitrogen and oxygen atoms in total. The van der Waals surface area contributed by atoms with Crippen LogP contribution in [0.25, 0.3) is 0 Å². The van der Waals surface area contributed by atoms with Crippen molar-refractivity contribution in [3.8, 4) is 0 Å². The Morgan fingerprint density at radius 1 is 1.00 bits per heavy atom. The second kappa shape index (κ2) is 8.49. The van der Waals surface area contributed by atoms with Gasteiger partial charge in [0.05, 0.1) is 30.7 Å². The van der Waals surface area contributed by atoms with Gasteiger partial charge in [0.2, 0.25) is 5.91 Å². The van der Waals surface area contributed by atoms with Crippen LogP contribution >= 0.6 is 0 Å². The molecule has 0 spiro atoms. The molecule has 3 aliphatic heterocycles. The summed E-state index contributed by atoms with van der Waals surface area (Å²) >= 11 is 0. The highest BCUT2D eigenvalue weighted by molar-refractivity contribution is 5.87. The summed E-state index contributed by atoms with van der Waals surface area (Å²) in [5, 5.41) is 0. The third-order valence-electron chi connectivity index (χ3n) is 5.89. The standard InChI is InChI=1S/C19H32N2O4/c1-3-4-5-6-13-24-19(23)17-15-8-7-14(25-15)16(17)18(22)21-11-9-20(2)10-12-21/h14-17H,3-13H2,1-2H3. The normalized spacial score (nSPS) is 32.2. The number of hydrogen-bond acceptors (Lipinski definition) is 5. The predicted molar refractivity (Wildman–Crippen MR) is 94.1 cm³/mol. The van der Waals surface area contributed by atoms with E-state index in [4.69, 9.17) is 9.47 Å². The number of unbranched alkanes of at least 4 members (excludes halogenated alkanes) is 3. The number of likely N-dealkylation sites (N-methyl/N-ethyl adjacent to an activating group) is 1. The van der Waals surface area contributed by atoms with E-state index in [2.05, 4.69) is 18.9 Å². The van der Waals surface area contributed by atoms with Crippen molar-refractivity contribution < 1.29 is 19.1 Å². The van der Waals surface area contributed by atoms with E-state index in [9.17, 15) is 9.59 Å². The highest BCUT2D eigenvalue weighted by atomic mass is 16.5. The third-order valence-corrected chi connectivity index (χ3v) is 5.89. The van der Waals surface area contributed by atoms with E-state index >= 15 is 0 Å². The molecule has 1 amide bonds. The van der Waals surface area contributed by atoms with Crippen molar-refractivity contribution in [2.45, 2.75) is 57.7 Å². The van der Waals surface area contributed by atoms with Gasteiger partial charge in [-0.1, -0.05) is 26.2 Å². The number of piperazine rings is 1. The van der Waals surface area contributed by atoms with Gasteiger partial charge in [-0.2, -0.15) is 0 Å². The Hall–Kier alpha value is -1.14. The number of esters is 1. The van der Waals surface area contributed by atoms with Crippen molar-refractivity contribution >= 4 is 11.9 Å². The van der Waals surface area contributed by atoms with Crippen LogP contribution in [0.4, 0.5) is 0 Å². The van der Waals surface area contributed by atoms with Crippen LogP contribution in [0.1, 0.15) is 45.4 Å². The fourth-order valence-corrected chi connectivity index (χ4v) is 4.33. The summed E-state index contributed by atoms with van der Waals surface area (Å²) in [5.74, 6) is -0.883. The van der Waals surface area contributed by atoms with Gasteiger partial charge in [-0.3, -0.25) is 9.59 Å². The largest absolute Gasteiger partial charge is 0.465 e. The number of fused-ring (bicyclic) bond motifs is 2. The van der Waals surface area contributed by atoms with Crippen LogP contribution in [0.15, 0.2) is 0 Å². The minimum atomic E-state index is -0.405. The van der Waals surface area contributed by atoms with Gasteiger partial charge in [-0.15, -0.1) is 0 Å². The van der Waals surface area contributed by atoms with Gasteiger partial charge in [-0.25, -0.2) is 0 Å². The highest BCUT2D eigenvalue weighted by Crippen LogP contribution is 2.45. The molecule has 2 bridgehead atoms. The molecule has 3 fully saturated rings. The SMILES string of the molecule is CCCCCCOC(=O)C1C2CCC(O2)C1C(=O)N1CCN(C)CC1. The molecule has 0 aromatic carbocycles. The van der Waals surface area contributed by atoms with E-state index in [-0.39, 0.29) is 30.0 Å². The van der Waals surface area contributed by atoms with Gasteiger partial charge in [0.1, 0.15) is 0 Å². The average molecular weight is 352 g/mol. The Bertz CT molecular complexity index is 476. The predicted octanol–water partition coefficient (Wildman–Crippen LogP) is 1.68. The second-order valence-electron chi connectivity index (χ2n) is 7.70. The van der Waals surface area contributed by atoms with Gasteiger partial charge in [0, 0.05) is 26.2 Å². The summed E-state index contributed by atoms with van der Waals surface area (Å²) in [4.78, 5) is 29.8. The second-order valence-corrected chi connectivity index (χ2v) is 7.70. The molecule has 3 saturated heterocycles. The Morgan fingerprint density at radius 3 is 2.36 bits per heavy atom. The van der Waals surface area contributed by atoms with Crippen molar-refractivity contribution in [3.05, 3.63) is 0 Å². The lowest BCUT2D eigenvalue weighted by Crippen LogP contribution is -2.52. The number of carbonyl (C=O) groups excluding carboxylic acids is 2. The fraction of sp³-hybridized carbons (Fsp3) is 0.895. The molecule has 6 heteroatoms. The molecular weight excluding hydrogens is 320 g/mol. The molecule has 3 aliphatic rings. The molecule has 4 atom stereocenters. The number of ether oxygens (including phenoxy) is 2. The van der Waals surface area contributed by atoms with E-state index in [1.54, 1.807) is 0 Å². The molecule has 0 aliphatic carbocycles. The molecule has 142 valence electrons. The molecular formula is C19H32N2O4. The molecule has 0 radical (unpaired) electrons. The van der Waals surface area contributed by atoms with Gasteiger partial charge in [-0.05, 0) is 26.3 Å². The third kappa shape index (κ3) is 4.17. The van der Waals surface area contributed by atoms with Crippen LogP contribution in [0.2, 0.25) is 0 Å². The molecule has 4 unspecified atom stereocenters. The van der Waals surface area contributed by atoms with E-state index in [0.29, 0.717) is 6.61 Å². The summed E-state index contributed by atoms with van der Waals surface area (Å²) in [6.07, 6.45) is 5.83. The summed E-state index contributed by atoms with van der Waals surface area (Å²) in [7, 11) is 2.07. The van der Waals surface area contributed by atoms with Crippen molar-refractivity contribution in [1.29, 1.82) is 0 Å². The minimum Gasteiger partial charge on any atom is -0.465 e. The molecule has 25 heavy (non-hydrogen) atoms. The van der Waals surface area contributed by atoms with Gasteiger partial charge in [0.25, 0.3) is 0 Å². The topological polar surface area (TPSA) is 59.1 Å². The first-order valence-electron chi connectivity index (χ1n) is 9.91. The Balaban J connectivity index is 1.57. The highest BCUT2D eigenvalue weighted by Gasteiger charge is 2.56. The maximum Gasteiger partial charge on any atom is 0.312 e. The molecule has 0 aromatic heterocycles. The summed E-state index contributed by atoms with van der Waals surface area (Å²) in [6.45, 7) is 5.87. The Morgan fingerprint density at radius 2 is 1.68 bits per heavy atom. The lowest BCUT2D eigenvalue weighted by molar-refractivity contribution is -0.156. The Kier molecular flexibility index (Phi) is 6.34. The van der Waals surface area contributed by atoms with Crippen LogP contribution in [0, 0.1) is 11.8 Å². The van der Waals surface area contributed by atoms with Crippen molar-refractivity contribution in [1.82, 2.24) is 9.80 Å². The quantitative estimate of drug-likeness (QED) is 0.515. The van der Waals surface area contributed by atoms with Gasteiger partial charge in [0.15, 0.2) is 0 Å². The van der Waals surface area contributed by atoms with Gasteiger partial charge >= 0.3 is 5.97 Å². The molecule has 3 rings (SSSR count). The van der Waals surface area contributed by atoms with E-state index in [1.165, 1.54) is 6.42 Å². The van der Waals surface area contributed by atoms with Crippen LogP contribution in [-0.4, -0.2) is 73.7 Å². The van der Waals surface area contributed by atoms with Crippen LogP contribution in [0.3, 0.4) is 0 Å². The van der Waals surface area contributed by atoms with E-state index in [0.717, 1.165) is 58.3 Å². The first kappa shape index (κ1) is 18.6. The maximum atomic E-state index is 13.0. The first-order chi connectivity index (χ1) is 12.1. The van der Waals surface area contributed by atoms with Crippen molar-refractivity contribution in [3.63, 3.8) is 0 Å². The molecule has 0 saturated carbocycles. The number of nitrogens with zero attached hydrogens (tertiary/aromatic N) is 2. The van der Waals surface area contributed by atoms with Crippen LogP contribution < -0.4 is 0 Å². The summed E-state index contributed by atoms with van der Waals surface area (Å²) < 4.78 is 11.4. The van der Waals surface area contributed by atoms with Gasteiger partial charge < -0.3 is 19.3 Å². The number of amides is 1. The number of carbonyl (C=O) groups is 2. The smallest absolute Gasteiger partial charge is 0.312 e.